The lowest BCUT2D eigenvalue weighted by Crippen LogP contribution is -2.61. The third-order valence-corrected chi connectivity index (χ3v) is 20.1. The quantitative estimate of drug-likeness (QED) is 0.149. The van der Waals surface area contributed by atoms with Crippen molar-refractivity contribution in [2.45, 2.75) is 78.6 Å². The van der Waals surface area contributed by atoms with Crippen LogP contribution in [-0.2, 0) is 16.2 Å². The van der Waals surface area contributed by atoms with Gasteiger partial charge in [-0.3, -0.25) is 0 Å². The fourth-order valence-corrected chi connectivity index (χ4v) is 15.4. The summed E-state index contributed by atoms with van der Waals surface area (Å²) in [4.78, 5) is 5.00. The molecule has 0 saturated carbocycles. The Morgan fingerprint density at radius 1 is 0.333 bits per heavy atom. The van der Waals surface area contributed by atoms with Gasteiger partial charge in [-0.2, -0.15) is 0 Å². The predicted molar refractivity (Wildman–Crippen MR) is 409 cm³/mol. The first kappa shape index (κ1) is 49.5. The molecule has 96 heavy (non-hydrogen) atoms. The predicted octanol–water partition coefficient (Wildman–Crippen LogP) is 22.8. The minimum atomic E-state index is -0.499. The number of nitrogens with zero attached hydrogens (tertiary/aromatic N) is 4. The molecule has 0 N–H and O–H groups in total. The van der Waals surface area contributed by atoms with Gasteiger partial charge in [0.1, 0.15) is 11.2 Å². The summed E-state index contributed by atoms with van der Waals surface area (Å²) in [5.74, 6) is 0. The molecule has 0 amide bonds. The molecule has 2 aliphatic heterocycles. The van der Waals surface area contributed by atoms with Crippen molar-refractivity contribution in [1.82, 2.24) is 9.13 Å². The number of anilines is 6. The maximum absolute atomic E-state index is 9.79. The lowest BCUT2D eigenvalue weighted by Gasteiger charge is -2.46. The second-order valence-corrected chi connectivity index (χ2v) is 29.1. The fourth-order valence-electron chi connectivity index (χ4n) is 15.4. The maximum Gasteiger partial charge on any atom is 0.252 e. The molecular formula is C90H73BN4O. The average molecular weight is 1250 g/mol. The molecule has 0 bridgehead atoms. The van der Waals surface area contributed by atoms with Gasteiger partial charge in [0.2, 0.25) is 0 Å². The number of aromatic nitrogens is 2. The molecule has 0 unspecified atom stereocenters. The van der Waals surface area contributed by atoms with Gasteiger partial charge in [-0.05, 0) is 168 Å². The van der Waals surface area contributed by atoms with Crippen LogP contribution in [0.15, 0.2) is 283 Å². The highest BCUT2D eigenvalue weighted by atomic mass is 16.3. The van der Waals surface area contributed by atoms with E-state index >= 15 is 0 Å². The van der Waals surface area contributed by atoms with Crippen LogP contribution >= 0.6 is 0 Å². The number of fused-ring (bicyclic) bond motifs is 13. The summed E-state index contributed by atoms with van der Waals surface area (Å²) < 4.78 is 86.2. The fraction of sp³-hybridized carbons (Fsp3) is 0.133. The van der Waals surface area contributed by atoms with E-state index in [1.165, 1.54) is 11.1 Å². The maximum atomic E-state index is 9.79. The van der Waals surface area contributed by atoms with Crippen LogP contribution < -0.4 is 26.2 Å². The topological polar surface area (TPSA) is 29.5 Å². The summed E-state index contributed by atoms with van der Waals surface area (Å²) in [6.45, 7) is 20.1. The minimum Gasteiger partial charge on any atom is -0.456 e. The summed E-state index contributed by atoms with van der Waals surface area (Å²) in [5.41, 5.74) is 22.5. The van der Waals surface area contributed by atoms with E-state index in [1.54, 1.807) is 4.57 Å². The van der Waals surface area contributed by atoms with Crippen molar-refractivity contribution in [2.24, 2.45) is 0 Å². The van der Waals surface area contributed by atoms with E-state index in [0.29, 0.717) is 16.9 Å². The molecule has 0 atom stereocenters. The van der Waals surface area contributed by atoms with Crippen LogP contribution in [0.2, 0.25) is 0 Å². The Morgan fingerprint density at radius 3 is 1.53 bits per heavy atom. The van der Waals surface area contributed by atoms with Crippen molar-refractivity contribution >= 4 is 123 Å². The van der Waals surface area contributed by atoms with Gasteiger partial charge in [0.25, 0.3) is 6.71 Å². The lowest BCUT2D eigenvalue weighted by atomic mass is 9.33. The Bertz CT molecular complexity index is 6250. The zero-order chi connectivity index (χ0) is 72.1. The molecule has 0 radical (unpaired) electrons. The molecule has 6 heteroatoms. The monoisotopic (exact) mass is 1240 g/mol. The molecule has 0 saturated heterocycles. The number of benzene rings is 13. The van der Waals surface area contributed by atoms with Crippen molar-refractivity contribution in [2.75, 3.05) is 9.80 Å². The van der Waals surface area contributed by atoms with Gasteiger partial charge in [-0.15, -0.1) is 0 Å². The first-order valence-corrected chi connectivity index (χ1v) is 33.3. The number of hydrogen-bond donors (Lipinski definition) is 0. The molecule has 0 fully saturated rings. The number of furan rings is 1. The summed E-state index contributed by atoms with van der Waals surface area (Å²) >= 11 is 0. The molecule has 0 spiro atoms. The molecule has 0 aliphatic carbocycles. The smallest absolute Gasteiger partial charge is 0.252 e. The second-order valence-electron chi connectivity index (χ2n) is 29.1. The molecule has 18 rings (SSSR count). The van der Waals surface area contributed by atoms with Gasteiger partial charge in [-0.1, -0.05) is 250 Å². The summed E-state index contributed by atoms with van der Waals surface area (Å²) in [6.07, 6.45) is 0. The van der Waals surface area contributed by atoms with Crippen LogP contribution in [0.4, 0.5) is 34.1 Å². The molecule has 13 aromatic carbocycles. The van der Waals surface area contributed by atoms with Crippen molar-refractivity contribution in [1.29, 1.82) is 0 Å². The first-order chi connectivity index (χ1) is 49.8. The summed E-state index contributed by atoms with van der Waals surface area (Å²) in [5, 5.41) is 3.98. The minimum absolute atomic E-state index is 0.00970. The van der Waals surface area contributed by atoms with E-state index in [0.717, 1.165) is 128 Å². The Hall–Kier alpha value is -11.1. The van der Waals surface area contributed by atoms with Gasteiger partial charge >= 0.3 is 0 Å². The van der Waals surface area contributed by atoms with Crippen molar-refractivity contribution in [3.63, 3.8) is 0 Å². The molecule has 5 nitrogen and oxygen atoms in total. The van der Waals surface area contributed by atoms with Gasteiger partial charge in [-0.25, -0.2) is 0 Å². The number of rotatable bonds is 7. The highest BCUT2D eigenvalue weighted by Crippen LogP contribution is 2.55. The second kappa shape index (κ2) is 21.2. The van der Waals surface area contributed by atoms with Crippen molar-refractivity contribution < 1.29 is 15.4 Å². The van der Waals surface area contributed by atoms with Gasteiger partial charge in [0.05, 0.1) is 49.8 Å². The molecule has 16 aromatic rings. The van der Waals surface area contributed by atoms with E-state index < -0.39 is 48.4 Å². The van der Waals surface area contributed by atoms with Crippen LogP contribution in [0.1, 0.15) is 90.0 Å². The highest BCUT2D eigenvalue weighted by molar-refractivity contribution is 7.00. The van der Waals surface area contributed by atoms with Crippen molar-refractivity contribution in [3.05, 3.63) is 296 Å². The number of para-hydroxylation sites is 5. The highest BCUT2D eigenvalue weighted by Gasteiger charge is 2.46. The van der Waals surface area contributed by atoms with Gasteiger partial charge in [0, 0.05) is 66.6 Å². The van der Waals surface area contributed by atoms with E-state index in [1.807, 2.05) is 30.3 Å². The third-order valence-electron chi connectivity index (χ3n) is 20.1. The Labute approximate surface area is 573 Å². The largest absolute Gasteiger partial charge is 0.456 e. The average Bonchev–Trinajstić information content (AvgIpc) is 1.19. The third kappa shape index (κ3) is 8.91. The van der Waals surface area contributed by atoms with Crippen LogP contribution in [0, 0.1) is 0 Å². The molecule has 5 heterocycles. The van der Waals surface area contributed by atoms with Gasteiger partial charge in [0.15, 0.2) is 0 Å². The van der Waals surface area contributed by atoms with Crippen molar-refractivity contribution in [3.8, 4) is 44.8 Å². The van der Waals surface area contributed by atoms with Crippen LogP contribution in [-0.4, -0.2) is 15.8 Å². The van der Waals surface area contributed by atoms with E-state index in [2.05, 4.69) is 277 Å². The van der Waals surface area contributed by atoms with Crippen LogP contribution in [0.3, 0.4) is 0 Å². The Kier molecular flexibility index (Phi) is 10.9. The molecule has 2 aliphatic rings. The summed E-state index contributed by atoms with van der Waals surface area (Å²) in [7, 11) is 0. The number of hydrogen-bond acceptors (Lipinski definition) is 3. The van der Waals surface area contributed by atoms with E-state index in [4.69, 9.17) is 7.16 Å². The Morgan fingerprint density at radius 2 is 0.865 bits per heavy atom. The zero-order valence-electron chi connectivity index (χ0n) is 63.2. The van der Waals surface area contributed by atoms with Crippen LogP contribution in [0.25, 0.3) is 110 Å². The lowest BCUT2D eigenvalue weighted by molar-refractivity contribution is 0.569. The summed E-state index contributed by atoms with van der Waals surface area (Å²) in [6, 6.07) is 79.6. The standard InChI is InChI=1S/C90H73BN4O/c1-88(2,3)61-47-59(48-62(52-61)89(4,5)6)58-41-44-71-76(49-58)94(79-51-60(56-27-13-10-14-28-56)50-78-84(79)69-35-21-25-39-75(69)92(78)64-31-17-12-18-32-64)80-53-63(90(7,8)9)54-81-86(80)91(71)72-45-42-65(93-73-37-23-19-33-67(73)68-34-20-24-38-74(68)93)55-77(72)95(81)87-66(57-29-15-11-16-30-57)43-46-83-85(87)70-36-22-26-40-82(70)96-83/h10-55H,1-9H3/i19D,20D,23D,24D,33D,34D,37D,38D. The van der Waals surface area contributed by atoms with Gasteiger partial charge < -0.3 is 23.4 Å². The SMILES string of the molecule is [2H]c1c([2H])c([2H])c2c(c1[2H])c1c([2H])c([2H])c([2H])c([2H])c1n2-c1ccc2c(c1)N(c1c(-c3ccccc3)ccc3oc4ccccc4c13)c1cc(C(C)(C)C)cc3c1B2c1ccc(-c2cc(C(C)(C)C)cc(C(C)(C)C)c2)cc1N3c1cc(-c2ccccc2)cc2c1c1ccccc1n2-c1ccccc1. The Balaban J connectivity index is 1.04. The van der Waals surface area contributed by atoms with E-state index in [9.17, 15) is 8.22 Å². The van der Waals surface area contributed by atoms with Crippen LogP contribution in [0.5, 0.6) is 0 Å². The molecule has 3 aromatic heterocycles. The zero-order valence-corrected chi connectivity index (χ0v) is 55.2. The first-order valence-electron chi connectivity index (χ1n) is 37.3. The molecule has 462 valence electrons. The van der Waals surface area contributed by atoms with E-state index in [-0.39, 0.29) is 44.7 Å². The normalized spacial score (nSPS) is 14.4. The molecular weight excluding hydrogens is 1160 g/mol.